The number of hydrogen-bond acceptors (Lipinski definition) is 2. The molecule has 2 heteroatoms. The lowest BCUT2D eigenvalue weighted by atomic mass is 10.2. The highest BCUT2D eigenvalue weighted by Crippen LogP contribution is 2.22. The van der Waals surface area contributed by atoms with Gasteiger partial charge in [0.2, 0.25) is 0 Å². The quantitative estimate of drug-likeness (QED) is 0.797. The summed E-state index contributed by atoms with van der Waals surface area (Å²) in [6.45, 7) is 2.18. The Morgan fingerprint density at radius 3 is 2.50 bits per heavy atom. The molecule has 0 aliphatic rings. The van der Waals surface area contributed by atoms with Crippen LogP contribution in [0.15, 0.2) is 47.8 Å². The number of nitrogens with one attached hydrogen (secondary N) is 1. The molecule has 1 heterocycles. The third-order valence-electron chi connectivity index (χ3n) is 2.13. The zero-order chi connectivity index (χ0) is 9.80. The average molecular weight is 203 g/mol. The van der Waals surface area contributed by atoms with Crippen molar-refractivity contribution in [2.75, 3.05) is 5.32 Å². The minimum absolute atomic E-state index is 0.386. The molecule has 0 aliphatic heterocycles. The van der Waals surface area contributed by atoms with E-state index in [1.807, 2.05) is 18.2 Å². The minimum atomic E-state index is 0.386. The predicted octanol–water partition coefficient (Wildman–Crippen LogP) is 3.92. The summed E-state index contributed by atoms with van der Waals surface area (Å²) < 4.78 is 0. The van der Waals surface area contributed by atoms with E-state index in [9.17, 15) is 0 Å². The summed E-state index contributed by atoms with van der Waals surface area (Å²) in [4.78, 5) is 1.37. The van der Waals surface area contributed by atoms with Crippen molar-refractivity contribution in [1.82, 2.24) is 0 Å². The number of thiophene rings is 1. The van der Waals surface area contributed by atoms with Crippen LogP contribution in [-0.2, 0) is 0 Å². The van der Waals surface area contributed by atoms with Crippen LogP contribution in [0.4, 0.5) is 5.69 Å². The van der Waals surface area contributed by atoms with Crippen LogP contribution in [0.25, 0.3) is 0 Å². The zero-order valence-electron chi connectivity index (χ0n) is 8.10. The molecule has 1 aromatic heterocycles. The second kappa shape index (κ2) is 4.29. The Hall–Kier alpha value is -1.28. The first-order chi connectivity index (χ1) is 6.86. The second-order valence-corrected chi connectivity index (χ2v) is 4.23. The third-order valence-corrected chi connectivity index (χ3v) is 3.18. The molecule has 1 nitrogen and oxygen atoms in total. The van der Waals surface area contributed by atoms with Crippen molar-refractivity contribution in [3.63, 3.8) is 0 Å². The van der Waals surface area contributed by atoms with E-state index in [1.165, 1.54) is 10.6 Å². The summed E-state index contributed by atoms with van der Waals surface area (Å²) in [5.41, 5.74) is 1.17. The van der Waals surface area contributed by atoms with E-state index >= 15 is 0 Å². The molecule has 0 aliphatic carbocycles. The fraction of sp³-hybridized carbons (Fsp3) is 0.167. The van der Waals surface area contributed by atoms with Gasteiger partial charge in [-0.15, -0.1) is 11.3 Å². The Morgan fingerprint density at radius 1 is 1.07 bits per heavy atom. The Bertz CT molecular complexity index is 366. The summed E-state index contributed by atoms with van der Waals surface area (Å²) in [5, 5.41) is 5.56. The first-order valence-corrected chi connectivity index (χ1v) is 5.59. The van der Waals surface area contributed by atoms with Gasteiger partial charge >= 0.3 is 0 Å². The molecule has 0 bridgehead atoms. The zero-order valence-corrected chi connectivity index (χ0v) is 8.92. The van der Waals surface area contributed by atoms with Gasteiger partial charge in [-0.25, -0.2) is 0 Å². The van der Waals surface area contributed by atoms with E-state index in [4.69, 9.17) is 0 Å². The molecule has 0 amide bonds. The summed E-state index contributed by atoms with van der Waals surface area (Å²) in [6.07, 6.45) is 0. The van der Waals surface area contributed by atoms with Crippen molar-refractivity contribution in [2.45, 2.75) is 13.0 Å². The van der Waals surface area contributed by atoms with Gasteiger partial charge in [-0.2, -0.15) is 0 Å². The van der Waals surface area contributed by atoms with Crippen LogP contribution in [0.3, 0.4) is 0 Å². The van der Waals surface area contributed by atoms with Crippen molar-refractivity contribution in [3.8, 4) is 0 Å². The summed E-state index contributed by atoms with van der Waals surface area (Å²) in [6, 6.07) is 14.9. The van der Waals surface area contributed by atoms with E-state index < -0.39 is 0 Å². The van der Waals surface area contributed by atoms with Crippen molar-refractivity contribution in [1.29, 1.82) is 0 Å². The molecular formula is C12H13NS. The third kappa shape index (κ3) is 2.15. The Labute approximate surface area is 88.4 Å². The van der Waals surface area contributed by atoms with Crippen LogP contribution in [0.5, 0.6) is 0 Å². The van der Waals surface area contributed by atoms with Crippen LogP contribution in [0, 0.1) is 0 Å². The van der Waals surface area contributed by atoms with Gasteiger partial charge in [0.25, 0.3) is 0 Å². The van der Waals surface area contributed by atoms with Gasteiger partial charge in [0.05, 0.1) is 6.04 Å². The molecule has 14 heavy (non-hydrogen) atoms. The van der Waals surface area contributed by atoms with Crippen molar-refractivity contribution in [2.24, 2.45) is 0 Å². The molecule has 2 aromatic rings. The van der Waals surface area contributed by atoms with Gasteiger partial charge in [0.15, 0.2) is 0 Å². The Kier molecular flexibility index (Phi) is 2.84. The van der Waals surface area contributed by atoms with Crippen molar-refractivity contribution >= 4 is 17.0 Å². The number of rotatable bonds is 3. The van der Waals surface area contributed by atoms with Gasteiger partial charge in [0, 0.05) is 10.6 Å². The molecule has 0 fully saturated rings. The average Bonchev–Trinajstić information content (AvgIpc) is 2.72. The molecule has 2 rings (SSSR count). The highest BCUT2D eigenvalue weighted by molar-refractivity contribution is 7.10. The van der Waals surface area contributed by atoms with Gasteiger partial charge < -0.3 is 5.32 Å². The Balaban J connectivity index is 2.06. The molecule has 1 atom stereocenters. The predicted molar refractivity (Wildman–Crippen MR) is 62.8 cm³/mol. The van der Waals surface area contributed by atoms with Gasteiger partial charge in [-0.1, -0.05) is 24.3 Å². The number of para-hydroxylation sites is 1. The van der Waals surface area contributed by atoms with E-state index in [2.05, 4.69) is 41.9 Å². The smallest absolute Gasteiger partial charge is 0.0578 e. The van der Waals surface area contributed by atoms with Gasteiger partial charge in [0.1, 0.15) is 0 Å². The van der Waals surface area contributed by atoms with Gasteiger partial charge in [-0.05, 0) is 30.5 Å². The van der Waals surface area contributed by atoms with Crippen molar-refractivity contribution in [3.05, 3.63) is 52.7 Å². The fourth-order valence-electron chi connectivity index (χ4n) is 1.39. The minimum Gasteiger partial charge on any atom is -0.378 e. The lowest BCUT2D eigenvalue weighted by molar-refractivity contribution is 0.908. The molecule has 72 valence electrons. The number of hydrogen-bond donors (Lipinski definition) is 1. The maximum Gasteiger partial charge on any atom is 0.0578 e. The molecule has 1 N–H and O–H groups in total. The molecule has 0 spiro atoms. The van der Waals surface area contributed by atoms with Crippen LogP contribution in [0.2, 0.25) is 0 Å². The molecule has 0 saturated heterocycles. The fourth-order valence-corrected chi connectivity index (χ4v) is 2.13. The van der Waals surface area contributed by atoms with Crippen LogP contribution < -0.4 is 5.32 Å². The maximum atomic E-state index is 3.45. The Morgan fingerprint density at radius 2 is 1.86 bits per heavy atom. The van der Waals surface area contributed by atoms with Gasteiger partial charge in [-0.3, -0.25) is 0 Å². The standard InChI is InChI=1S/C12H13NS/c1-10(12-8-5-9-14-12)13-11-6-3-2-4-7-11/h2-10,13H,1H3/t10-/m1/s1. The van der Waals surface area contributed by atoms with E-state index in [0.717, 1.165) is 0 Å². The summed E-state index contributed by atoms with van der Waals surface area (Å²) >= 11 is 1.79. The lowest BCUT2D eigenvalue weighted by Crippen LogP contribution is -2.04. The van der Waals surface area contributed by atoms with Crippen molar-refractivity contribution < 1.29 is 0 Å². The first kappa shape index (κ1) is 9.28. The summed E-state index contributed by atoms with van der Waals surface area (Å²) in [5.74, 6) is 0. The number of anilines is 1. The van der Waals surface area contributed by atoms with Crippen LogP contribution in [-0.4, -0.2) is 0 Å². The lowest BCUT2D eigenvalue weighted by Gasteiger charge is -2.13. The second-order valence-electron chi connectivity index (χ2n) is 3.25. The molecular weight excluding hydrogens is 190 g/mol. The normalized spacial score (nSPS) is 12.4. The molecule has 0 unspecified atom stereocenters. The summed E-state index contributed by atoms with van der Waals surface area (Å²) in [7, 11) is 0. The molecule has 1 aromatic carbocycles. The highest BCUT2D eigenvalue weighted by Gasteiger charge is 2.04. The topological polar surface area (TPSA) is 12.0 Å². The first-order valence-electron chi connectivity index (χ1n) is 4.71. The molecule has 0 saturated carbocycles. The SMILES string of the molecule is C[C@@H](Nc1ccccc1)c1cccs1. The van der Waals surface area contributed by atoms with E-state index in [1.54, 1.807) is 11.3 Å². The maximum absolute atomic E-state index is 3.45. The largest absolute Gasteiger partial charge is 0.378 e. The highest BCUT2D eigenvalue weighted by atomic mass is 32.1. The molecule has 0 radical (unpaired) electrons. The van der Waals surface area contributed by atoms with E-state index in [0.29, 0.717) is 6.04 Å². The van der Waals surface area contributed by atoms with Crippen LogP contribution >= 0.6 is 11.3 Å². The monoisotopic (exact) mass is 203 g/mol. The number of benzene rings is 1. The van der Waals surface area contributed by atoms with Crippen LogP contribution in [0.1, 0.15) is 17.8 Å². The van der Waals surface area contributed by atoms with E-state index in [-0.39, 0.29) is 0 Å².